The summed E-state index contributed by atoms with van der Waals surface area (Å²) in [6.07, 6.45) is 10.1. The van der Waals surface area contributed by atoms with Gasteiger partial charge in [0.1, 0.15) is 0 Å². The largest absolute Gasteiger partial charge is 0.383 e. The van der Waals surface area contributed by atoms with Gasteiger partial charge in [0.15, 0.2) is 0 Å². The maximum atomic E-state index is 5.07. The third-order valence-electron chi connectivity index (χ3n) is 4.56. The smallest absolute Gasteiger partial charge is 0.0587 e. The van der Waals surface area contributed by atoms with Crippen molar-refractivity contribution in [3.8, 4) is 0 Å². The molecule has 1 unspecified atom stereocenters. The number of ether oxygens (including phenoxy) is 1. The Hall–Kier alpha value is -0.120. The van der Waals surface area contributed by atoms with Crippen LogP contribution in [0.3, 0.4) is 0 Å². The number of hydrogen-bond acceptors (Lipinski definition) is 3. The second-order valence-electron chi connectivity index (χ2n) is 5.99. The zero-order valence-electron chi connectivity index (χ0n) is 12.0. The third kappa shape index (κ3) is 4.52. The number of piperidine rings is 1. The van der Waals surface area contributed by atoms with Crippen LogP contribution in [0, 0.1) is 5.92 Å². The van der Waals surface area contributed by atoms with Crippen LogP contribution < -0.4 is 5.32 Å². The monoisotopic (exact) mass is 254 g/mol. The fourth-order valence-corrected chi connectivity index (χ4v) is 3.52. The number of likely N-dealkylation sites (tertiary alicyclic amines) is 1. The normalized spacial score (nSPS) is 27.5. The molecule has 1 aliphatic heterocycles. The Labute approximate surface area is 112 Å². The van der Waals surface area contributed by atoms with Gasteiger partial charge in [-0.15, -0.1) is 0 Å². The molecule has 1 saturated carbocycles. The minimum absolute atomic E-state index is 0.832. The van der Waals surface area contributed by atoms with E-state index >= 15 is 0 Å². The van der Waals surface area contributed by atoms with Gasteiger partial charge in [0.25, 0.3) is 0 Å². The molecule has 1 heterocycles. The summed E-state index contributed by atoms with van der Waals surface area (Å²) in [6.45, 7) is 5.67. The lowest BCUT2D eigenvalue weighted by Crippen LogP contribution is -2.45. The van der Waals surface area contributed by atoms with Gasteiger partial charge in [-0.2, -0.15) is 0 Å². The van der Waals surface area contributed by atoms with Gasteiger partial charge in [-0.25, -0.2) is 0 Å². The Morgan fingerprint density at radius 3 is 2.72 bits per heavy atom. The zero-order chi connectivity index (χ0) is 12.6. The molecular weight excluding hydrogens is 224 g/mol. The number of rotatable bonds is 6. The summed E-state index contributed by atoms with van der Waals surface area (Å²) in [5.41, 5.74) is 0. The molecule has 106 valence electrons. The minimum Gasteiger partial charge on any atom is -0.383 e. The van der Waals surface area contributed by atoms with Gasteiger partial charge in [0, 0.05) is 26.2 Å². The van der Waals surface area contributed by atoms with Gasteiger partial charge in [-0.1, -0.05) is 19.3 Å². The first-order valence-electron chi connectivity index (χ1n) is 7.84. The molecule has 18 heavy (non-hydrogen) atoms. The molecule has 1 atom stereocenters. The molecule has 0 aromatic heterocycles. The van der Waals surface area contributed by atoms with Crippen LogP contribution >= 0.6 is 0 Å². The van der Waals surface area contributed by atoms with Crippen molar-refractivity contribution in [2.45, 2.75) is 51.0 Å². The van der Waals surface area contributed by atoms with Crippen molar-refractivity contribution >= 4 is 0 Å². The van der Waals surface area contributed by atoms with Crippen LogP contribution in [0.5, 0.6) is 0 Å². The molecule has 3 nitrogen and oxygen atoms in total. The molecular formula is C15H30N2O. The highest BCUT2D eigenvalue weighted by Crippen LogP contribution is 2.26. The maximum absolute atomic E-state index is 5.07. The van der Waals surface area contributed by atoms with Crippen molar-refractivity contribution in [3.05, 3.63) is 0 Å². The second kappa shape index (κ2) is 8.13. The minimum atomic E-state index is 0.832. The summed E-state index contributed by atoms with van der Waals surface area (Å²) in [4.78, 5) is 2.78. The summed E-state index contributed by atoms with van der Waals surface area (Å²) in [5.74, 6) is 0.859. The Morgan fingerprint density at radius 2 is 1.94 bits per heavy atom. The van der Waals surface area contributed by atoms with E-state index in [0.717, 1.165) is 25.1 Å². The van der Waals surface area contributed by atoms with Crippen LogP contribution in [0.2, 0.25) is 0 Å². The first-order valence-corrected chi connectivity index (χ1v) is 7.84. The lowest BCUT2D eigenvalue weighted by Gasteiger charge is -2.40. The lowest BCUT2D eigenvalue weighted by molar-refractivity contribution is 0.0970. The average Bonchev–Trinajstić information content (AvgIpc) is 2.45. The van der Waals surface area contributed by atoms with Gasteiger partial charge in [0.2, 0.25) is 0 Å². The maximum Gasteiger partial charge on any atom is 0.0587 e. The lowest BCUT2D eigenvalue weighted by atomic mass is 9.90. The molecule has 1 N–H and O–H groups in total. The van der Waals surface area contributed by atoms with E-state index in [2.05, 4.69) is 10.2 Å². The van der Waals surface area contributed by atoms with Crippen molar-refractivity contribution in [2.24, 2.45) is 5.92 Å². The number of nitrogens with one attached hydrogen (secondary N) is 1. The van der Waals surface area contributed by atoms with E-state index in [1.54, 1.807) is 7.11 Å². The van der Waals surface area contributed by atoms with Crippen molar-refractivity contribution in [3.63, 3.8) is 0 Å². The number of nitrogens with zero attached hydrogens (tertiary/aromatic N) is 1. The summed E-state index contributed by atoms with van der Waals surface area (Å²) in [5, 5.41) is 3.53. The molecule has 0 aromatic carbocycles. The molecule has 2 aliphatic rings. The summed E-state index contributed by atoms with van der Waals surface area (Å²) in [6, 6.07) is 0.903. The third-order valence-corrected chi connectivity index (χ3v) is 4.56. The average molecular weight is 254 g/mol. The number of methoxy groups -OCH3 is 1. The van der Waals surface area contributed by atoms with E-state index in [4.69, 9.17) is 4.74 Å². The van der Waals surface area contributed by atoms with Gasteiger partial charge in [-0.3, -0.25) is 0 Å². The molecule has 1 saturated heterocycles. The van der Waals surface area contributed by atoms with E-state index < -0.39 is 0 Å². The van der Waals surface area contributed by atoms with E-state index in [1.807, 2.05) is 0 Å². The Bertz CT molecular complexity index is 217. The molecule has 0 radical (unpaired) electrons. The molecule has 2 rings (SSSR count). The predicted molar refractivity (Wildman–Crippen MR) is 75.9 cm³/mol. The highest BCUT2D eigenvalue weighted by molar-refractivity contribution is 4.82. The molecule has 0 spiro atoms. The standard InChI is InChI=1S/C15H30N2O/c1-18-11-9-16-12-14-6-5-10-17(13-14)15-7-3-2-4-8-15/h14-16H,2-13H2,1H3. The highest BCUT2D eigenvalue weighted by Gasteiger charge is 2.26. The first-order chi connectivity index (χ1) is 8.90. The quantitative estimate of drug-likeness (QED) is 0.736. The van der Waals surface area contributed by atoms with E-state index in [0.29, 0.717) is 0 Å². The number of hydrogen-bond donors (Lipinski definition) is 1. The molecule has 1 aliphatic carbocycles. The predicted octanol–water partition coefficient (Wildman–Crippen LogP) is 2.27. The molecule has 0 aromatic rings. The summed E-state index contributed by atoms with van der Waals surface area (Å²) >= 11 is 0. The van der Waals surface area contributed by atoms with E-state index in [-0.39, 0.29) is 0 Å². The van der Waals surface area contributed by atoms with Gasteiger partial charge in [0.05, 0.1) is 6.61 Å². The van der Waals surface area contributed by atoms with Crippen LogP contribution in [-0.2, 0) is 4.74 Å². The Morgan fingerprint density at radius 1 is 1.11 bits per heavy atom. The molecule has 2 fully saturated rings. The van der Waals surface area contributed by atoms with Crippen molar-refractivity contribution in [1.82, 2.24) is 10.2 Å². The van der Waals surface area contributed by atoms with E-state index in [1.165, 1.54) is 64.6 Å². The topological polar surface area (TPSA) is 24.5 Å². The van der Waals surface area contributed by atoms with Gasteiger partial charge < -0.3 is 15.0 Å². The van der Waals surface area contributed by atoms with Gasteiger partial charge in [-0.05, 0) is 44.7 Å². The van der Waals surface area contributed by atoms with Crippen LogP contribution in [0.15, 0.2) is 0 Å². The van der Waals surface area contributed by atoms with Crippen LogP contribution in [-0.4, -0.2) is 50.8 Å². The van der Waals surface area contributed by atoms with Crippen molar-refractivity contribution < 1.29 is 4.74 Å². The van der Waals surface area contributed by atoms with Crippen LogP contribution in [0.1, 0.15) is 44.9 Å². The fourth-order valence-electron chi connectivity index (χ4n) is 3.52. The van der Waals surface area contributed by atoms with Crippen molar-refractivity contribution in [1.29, 1.82) is 0 Å². The SMILES string of the molecule is COCCNCC1CCCN(C2CCCCC2)C1. The molecule has 0 bridgehead atoms. The van der Waals surface area contributed by atoms with E-state index in [9.17, 15) is 0 Å². The van der Waals surface area contributed by atoms with Gasteiger partial charge >= 0.3 is 0 Å². The van der Waals surface area contributed by atoms with Crippen molar-refractivity contribution in [2.75, 3.05) is 39.9 Å². The zero-order valence-corrected chi connectivity index (χ0v) is 12.0. The first kappa shape index (κ1) is 14.3. The Kier molecular flexibility index (Phi) is 6.46. The Balaban J connectivity index is 1.67. The molecule has 0 amide bonds. The summed E-state index contributed by atoms with van der Waals surface area (Å²) < 4.78 is 5.07. The summed E-state index contributed by atoms with van der Waals surface area (Å²) in [7, 11) is 1.77. The second-order valence-corrected chi connectivity index (χ2v) is 5.99. The fraction of sp³-hybridized carbons (Fsp3) is 1.00. The van der Waals surface area contributed by atoms with Crippen LogP contribution in [0.25, 0.3) is 0 Å². The molecule has 3 heteroatoms. The highest BCUT2D eigenvalue weighted by atomic mass is 16.5. The van der Waals surface area contributed by atoms with Crippen LogP contribution in [0.4, 0.5) is 0 Å².